The molecule has 1 heterocycles. The fraction of sp³-hybridized carbons (Fsp3) is 0.474. The van der Waals surface area contributed by atoms with Gasteiger partial charge in [0, 0.05) is 25.8 Å². The number of aryl methyl sites for hydroxylation is 3. The molecule has 0 unspecified atom stereocenters. The van der Waals surface area contributed by atoms with Crippen molar-refractivity contribution in [2.24, 2.45) is 12.0 Å². The third-order valence-corrected chi connectivity index (χ3v) is 4.31. The summed E-state index contributed by atoms with van der Waals surface area (Å²) >= 11 is 0. The lowest BCUT2D eigenvalue weighted by Crippen LogP contribution is -2.38. The van der Waals surface area contributed by atoms with Gasteiger partial charge >= 0.3 is 0 Å². The average Bonchev–Trinajstić information content (AvgIpc) is 2.81. The van der Waals surface area contributed by atoms with E-state index >= 15 is 0 Å². The Morgan fingerprint density at radius 1 is 1.23 bits per heavy atom. The van der Waals surface area contributed by atoms with Gasteiger partial charge in [0.2, 0.25) is 0 Å². The Balaban J connectivity index is 0.00000338. The molecule has 0 amide bonds. The molecule has 0 aliphatic rings. The monoisotopic (exact) mass is 473 g/mol. The van der Waals surface area contributed by atoms with Gasteiger partial charge in [0.05, 0.1) is 12.2 Å². The second-order valence-corrected chi connectivity index (χ2v) is 6.23. The van der Waals surface area contributed by atoms with E-state index in [2.05, 4.69) is 27.6 Å². The van der Waals surface area contributed by atoms with E-state index in [-0.39, 0.29) is 29.8 Å². The molecule has 0 saturated heterocycles. The quantitative estimate of drug-likeness (QED) is 0.384. The fourth-order valence-corrected chi connectivity index (χ4v) is 2.80. The van der Waals surface area contributed by atoms with Crippen molar-refractivity contribution in [2.45, 2.75) is 40.7 Å². The lowest BCUT2D eigenvalue weighted by Gasteiger charge is -2.12. The zero-order valence-corrected chi connectivity index (χ0v) is 18.5. The van der Waals surface area contributed by atoms with Gasteiger partial charge in [-0.15, -0.1) is 24.0 Å². The van der Waals surface area contributed by atoms with Crippen molar-refractivity contribution >= 4 is 29.9 Å². The summed E-state index contributed by atoms with van der Waals surface area (Å²) in [6, 6.07) is 5.11. The number of aromatic nitrogens is 2. The Labute approximate surface area is 172 Å². The summed E-state index contributed by atoms with van der Waals surface area (Å²) in [6.07, 6.45) is 0.894. The molecule has 144 valence electrons. The number of guanidine groups is 1. The second-order valence-electron chi connectivity index (χ2n) is 6.23. The molecule has 1 aromatic carbocycles. The predicted octanol–water partition coefficient (Wildman–Crippen LogP) is 3.40. The summed E-state index contributed by atoms with van der Waals surface area (Å²) < 4.78 is 15.3. The molecule has 2 N–H and O–H groups in total. The van der Waals surface area contributed by atoms with Crippen LogP contribution in [0.15, 0.2) is 23.2 Å². The minimum absolute atomic E-state index is 0. The van der Waals surface area contributed by atoms with Crippen LogP contribution in [0, 0.1) is 26.6 Å². The maximum atomic E-state index is 13.3. The molecule has 0 aliphatic heterocycles. The van der Waals surface area contributed by atoms with Crippen molar-refractivity contribution in [3.8, 4) is 0 Å². The van der Waals surface area contributed by atoms with Gasteiger partial charge < -0.3 is 10.6 Å². The van der Waals surface area contributed by atoms with Crippen LogP contribution < -0.4 is 10.6 Å². The van der Waals surface area contributed by atoms with Crippen LogP contribution in [0.2, 0.25) is 0 Å². The van der Waals surface area contributed by atoms with Crippen LogP contribution in [-0.4, -0.2) is 28.8 Å². The molecule has 2 aromatic rings. The summed E-state index contributed by atoms with van der Waals surface area (Å²) in [4.78, 5) is 4.59. The third-order valence-electron chi connectivity index (χ3n) is 4.31. The maximum absolute atomic E-state index is 13.3. The maximum Gasteiger partial charge on any atom is 0.191 e. The number of hydrogen-bond donors (Lipinski definition) is 2. The number of halogens is 2. The van der Waals surface area contributed by atoms with E-state index in [1.54, 1.807) is 13.0 Å². The number of nitrogens with zero attached hydrogens (tertiary/aromatic N) is 3. The Morgan fingerprint density at radius 2 is 1.96 bits per heavy atom. The lowest BCUT2D eigenvalue weighted by molar-refractivity contribution is 0.617. The average molecular weight is 473 g/mol. The normalized spacial score (nSPS) is 11.2. The highest BCUT2D eigenvalue weighted by molar-refractivity contribution is 14.0. The molecule has 0 atom stereocenters. The van der Waals surface area contributed by atoms with Gasteiger partial charge in [-0.3, -0.25) is 4.68 Å². The van der Waals surface area contributed by atoms with E-state index in [0.29, 0.717) is 12.1 Å². The van der Waals surface area contributed by atoms with Gasteiger partial charge in [0.25, 0.3) is 0 Å². The first-order chi connectivity index (χ1) is 11.9. The number of benzene rings is 1. The molecule has 7 heteroatoms. The van der Waals surface area contributed by atoms with Crippen LogP contribution in [0.3, 0.4) is 0 Å². The molecule has 0 fully saturated rings. The van der Waals surface area contributed by atoms with E-state index in [1.165, 1.54) is 17.3 Å². The number of aliphatic imine (C=N–C) groups is 1. The number of hydrogen-bond acceptors (Lipinski definition) is 2. The zero-order chi connectivity index (χ0) is 18.4. The molecule has 0 aliphatic carbocycles. The fourth-order valence-electron chi connectivity index (χ4n) is 2.80. The van der Waals surface area contributed by atoms with E-state index in [9.17, 15) is 4.39 Å². The Morgan fingerprint density at radius 3 is 2.54 bits per heavy atom. The van der Waals surface area contributed by atoms with Crippen LogP contribution in [0.25, 0.3) is 0 Å². The van der Waals surface area contributed by atoms with E-state index in [1.807, 2.05) is 31.6 Å². The molecule has 0 radical (unpaired) electrons. The van der Waals surface area contributed by atoms with Gasteiger partial charge in [0.1, 0.15) is 5.82 Å². The number of rotatable bonds is 6. The van der Waals surface area contributed by atoms with E-state index in [4.69, 9.17) is 0 Å². The highest BCUT2D eigenvalue weighted by Gasteiger charge is 2.09. The van der Waals surface area contributed by atoms with Crippen LogP contribution in [-0.2, 0) is 20.0 Å². The van der Waals surface area contributed by atoms with Crippen molar-refractivity contribution < 1.29 is 4.39 Å². The Bertz CT molecular complexity index is 755. The standard InChI is InChI=1S/C19H28FN5.HI/c1-6-21-19(23-12-16-7-8-18(20)13(2)11-16)22-10-9-17-14(3)24-25(5)15(17)4;/h7-8,11H,6,9-10,12H2,1-5H3,(H2,21,22,23);1H. The molecular formula is C19H29FIN5. The first-order valence-corrected chi connectivity index (χ1v) is 8.68. The summed E-state index contributed by atoms with van der Waals surface area (Å²) in [5.74, 6) is 0.587. The predicted molar refractivity (Wildman–Crippen MR) is 116 cm³/mol. The van der Waals surface area contributed by atoms with Gasteiger partial charge in [0.15, 0.2) is 5.96 Å². The third kappa shape index (κ3) is 5.96. The summed E-state index contributed by atoms with van der Waals surface area (Å²) in [5, 5.41) is 11.0. The Kier molecular flexibility index (Phi) is 9.04. The van der Waals surface area contributed by atoms with Crippen molar-refractivity contribution in [1.82, 2.24) is 20.4 Å². The van der Waals surface area contributed by atoms with Crippen LogP contribution in [0.1, 0.15) is 35.0 Å². The first kappa shape index (κ1) is 22.4. The first-order valence-electron chi connectivity index (χ1n) is 8.68. The molecule has 26 heavy (non-hydrogen) atoms. The topological polar surface area (TPSA) is 54.2 Å². The molecule has 1 aromatic heterocycles. The van der Waals surface area contributed by atoms with Gasteiger partial charge in [-0.2, -0.15) is 5.10 Å². The summed E-state index contributed by atoms with van der Waals surface area (Å²) in [6.45, 7) is 10.0. The van der Waals surface area contributed by atoms with Crippen molar-refractivity contribution in [1.29, 1.82) is 0 Å². The molecule has 0 saturated carbocycles. The van der Waals surface area contributed by atoms with Crippen molar-refractivity contribution in [2.75, 3.05) is 13.1 Å². The molecule has 2 rings (SSSR count). The van der Waals surface area contributed by atoms with Crippen LogP contribution >= 0.6 is 24.0 Å². The molecular weight excluding hydrogens is 444 g/mol. The summed E-state index contributed by atoms with van der Waals surface area (Å²) in [5.41, 5.74) is 5.19. The lowest BCUT2D eigenvalue weighted by atomic mass is 10.1. The van der Waals surface area contributed by atoms with Crippen LogP contribution in [0.4, 0.5) is 4.39 Å². The van der Waals surface area contributed by atoms with E-state index < -0.39 is 0 Å². The number of nitrogens with one attached hydrogen (secondary N) is 2. The second kappa shape index (κ2) is 10.5. The smallest absolute Gasteiger partial charge is 0.191 e. The Hall–Kier alpha value is -1.64. The summed E-state index contributed by atoms with van der Waals surface area (Å²) in [7, 11) is 1.97. The van der Waals surface area contributed by atoms with E-state index in [0.717, 1.165) is 36.7 Å². The molecule has 0 bridgehead atoms. The minimum atomic E-state index is -0.181. The highest BCUT2D eigenvalue weighted by Crippen LogP contribution is 2.12. The van der Waals surface area contributed by atoms with Gasteiger partial charge in [-0.25, -0.2) is 9.38 Å². The van der Waals surface area contributed by atoms with Gasteiger partial charge in [-0.05, 0) is 56.9 Å². The minimum Gasteiger partial charge on any atom is -0.357 e. The SMILES string of the molecule is CCNC(=NCc1ccc(F)c(C)c1)NCCc1c(C)nn(C)c1C.I. The van der Waals surface area contributed by atoms with Crippen molar-refractivity contribution in [3.63, 3.8) is 0 Å². The largest absolute Gasteiger partial charge is 0.357 e. The zero-order valence-electron chi connectivity index (χ0n) is 16.2. The van der Waals surface area contributed by atoms with Crippen molar-refractivity contribution in [3.05, 3.63) is 52.1 Å². The molecule has 5 nitrogen and oxygen atoms in total. The molecule has 0 spiro atoms. The van der Waals surface area contributed by atoms with Gasteiger partial charge in [-0.1, -0.05) is 12.1 Å². The highest BCUT2D eigenvalue weighted by atomic mass is 127. The van der Waals surface area contributed by atoms with Crippen LogP contribution in [0.5, 0.6) is 0 Å².